The molecule has 0 amide bonds. The predicted molar refractivity (Wildman–Crippen MR) is 103 cm³/mol. The minimum atomic E-state index is -1.62. The number of aromatic nitrogens is 2. The van der Waals surface area contributed by atoms with Gasteiger partial charge in [0.2, 0.25) is 0 Å². The predicted octanol–water partition coefficient (Wildman–Crippen LogP) is 4.09. The molecule has 0 unspecified atom stereocenters. The van der Waals surface area contributed by atoms with Gasteiger partial charge >= 0.3 is 0 Å². The monoisotopic (exact) mass is 417 g/mol. The van der Waals surface area contributed by atoms with Gasteiger partial charge < -0.3 is 15.2 Å². The highest BCUT2D eigenvalue weighted by atomic mass is 19.1. The third-order valence-electron chi connectivity index (χ3n) is 7.02. The van der Waals surface area contributed by atoms with Crippen molar-refractivity contribution in [3.63, 3.8) is 0 Å². The maximum atomic E-state index is 15.0. The van der Waals surface area contributed by atoms with E-state index in [1.807, 2.05) is 0 Å². The van der Waals surface area contributed by atoms with Crippen LogP contribution in [-0.4, -0.2) is 33.6 Å². The Morgan fingerprint density at radius 1 is 1.07 bits per heavy atom. The average molecular weight is 417 g/mol. The fourth-order valence-corrected chi connectivity index (χ4v) is 4.92. The van der Waals surface area contributed by atoms with Gasteiger partial charge in [-0.15, -0.1) is 10.2 Å². The number of rotatable bonds is 4. The largest absolute Gasteiger partial charge is 0.391 e. The summed E-state index contributed by atoms with van der Waals surface area (Å²) in [6.45, 7) is 0. The number of anilines is 1. The summed E-state index contributed by atoms with van der Waals surface area (Å²) in [6, 6.07) is 2.06. The molecule has 1 aromatic heterocycles. The lowest BCUT2D eigenvalue weighted by atomic mass is 9.88. The van der Waals surface area contributed by atoms with E-state index in [4.69, 9.17) is 4.74 Å². The van der Waals surface area contributed by atoms with E-state index in [-0.39, 0.29) is 47.9 Å². The first kappa shape index (κ1) is 18.6. The number of nitrogens with zero attached hydrogens (tertiary/aromatic N) is 2. The van der Waals surface area contributed by atoms with E-state index in [0.717, 1.165) is 48.9 Å². The van der Waals surface area contributed by atoms with Gasteiger partial charge in [-0.1, -0.05) is 0 Å². The van der Waals surface area contributed by atoms with Crippen LogP contribution in [0.4, 0.5) is 19.0 Å². The van der Waals surface area contributed by atoms with E-state index in [9.17, 15) is 9.50 Å². The molecule has 30 heavy (non-hydrogen) atoms. The number of hydrogen-bond donors (Lipinski definition) is 2. The number of aliphatic hydroxyl groups excluding tert-OH is 1. The Morgan fingerprint density at radius 3 is 2.47 bits per heavy atom. The van der Waals surface area contributed by atoms with Gasteiger partial charge in [0.25, 0.3) is 0 Å². The Bertz CT molecular complexity index is 1020. The molecule has 4 aliphatic rings. The lowest BCUT2D eigenvalue weighted by Crippen LogP contribution is -2.43. The molecule has 0 spiro atoms. The quantitative estimate of drug-likeness (QED) is 0.784. The molecule has 1 saturated heterocycles. The number of alkyl halides is 1. The van der Waals surface area contributed by atoms with Crippen molar-refractivity contribution in [3.05, 3.63) is 40.5 Å². The first-order chi connectivity index (χ1) is 14.4. The third kappa shape index (κ3) is 2.76. The molecule has 0 radical (unpaired) electrons. The number of nitrogens with one attached hydrogen (secondary N) is 1. The van der Waals surface area contributed by atoms with Crippen LogP contribution >= 0.6 is 0 Å². The number of aliphatic hydroxyl groups is 1. The second-order valence-electron chi connectivity index (χ2n) is 8.99. The molecule has 2 N–H and O–H groups in total. The number of ether oxygens (including phenoxy) is 1. The van der Waals surface area contributed by atoms with Gasteiger partial charge in [0.05, 0.1) is 29.9 Å². The molecule has 3 heterocycles. The van der Waals surface area contributed by atoms with Crippen molar-refractivity contribution in [2.45, 2.75) is 75.0 Å². The summed E-state index contributed by atoms with van der Waals surface area (Å²) in [4.78, 5) is 0. The molecule has 2 saturated carbocycles. The third-order valence-corrected chi connectivity index (χ3v) is 7.02. The Hall–Kier alpha value is -2.19. The zero-order valence-corrected chi connectivity index (χ0v) is 16.3. The van der Waals surface area contributed by atoms with Crippen LogP contribution < -0.4 is 5.32 Å². The van der Waals surface area contributed by atoms with Crippen molar-refractivity contribution in [2.75, 3.05) is 5.32 Å². The van der Waals surface area contributed by atoms with Crippen LogP contribution in [-0.2, 0) is 16.8 Å². The van der Waals surface area contributed by atoms with Crippen LogP contribution in [0.5, 0.6) is 0 Å². The van der Waals surface area contributed by atoms with E-state index in [2.05, 4.69) is 15.5 Å². The molecule has 1 aromatic carbocycles. The molecule has 158 valence electrons. The average Bonchev–Trinajstić information content (AvgIpc) is 3.37. The van der Waals surface area contributed by atoms with Gasteiger partial charge in [-0.3, -0.25) is 0 Å². The van der Waals surface area contributed by atoms with Crippen LogP contribution in [0.15, 0.2) is 12.1 Å². The number of halogens is 3. The van der Waals surface area contributed by atoms with Crippen LogP contribution in [0.3, 0.4) is 0 Å². The highest BCUT2D eigenvalue weighted by Crippen LogP contribution is 2.51. The lowest BCUT2D eigenvalue weighted by Gasteiger charge is -2.35. The van der Waals surface area contributed by atoms with Gasteiger partial charge in [-0.2, -0.15) is 0 Å². The second kappa shape index (κ2) is 6.40. The zero-order chi connectivity index (χ0) is 20.6. The summed E-state index contributed by atoms with van der Waals surface area (Å²) < 4.78 is 50.4. The normalized spacial score (nSPS) is 30.5. The van der Waals surface area contributed by atoms with Crippen LogP contribution in [0.1, 0.15) is 61.3 Å². The first-order valence-electron chi connectivity index (χ1n) is 10.6. The van der Waals surface area contributed by atoms with E-state index >= 15 is 8.78 Å². The standard InChI is InChI=1S/C22H22F3N3O2/c23-13-7-10(22(25)5-6-22)8-14(24)19(13)20-12-9-11-1-4-17(30-11)18(12)21(28-27-20)26-15-2-3-16(15)29/h7-8,11,15-17,29H,1-6,9H2,(H,26,28)/t11-,15+,16+,17+/m0/s1. The Morgan fingerprint density at radius 2 is 1.83 bits per heavy atom. The van der Waals surface area contributed by atoms with Gasteiger partial charge in [0.15, 0.2) is 5.82 Å². The van der Waals surface area contributed by atoms with E-state index in [0.29, 0.717) is 12.2 Å². The second-order valence-corrected chi connectivity index (χ2v) is 8.99. The maximum absolute atomic E-state index is 15.0. The fourth-order valence-electron chi connectivity index (χ4n) is 4.92. The zero-order valence-electron chi connectivity index (χ0n) is 16.3. The summed E-state index contributed by atoms with van der Waals surface area (Å²) in [5.41, 5.74) is -0.163. The summed E-state index contributed by atoms with van der Waals surface area (Å²) in [6.07, 6.45) is 3.61. The molecule has 3 fully saturated rings. The Kier molecular flexibility index (Phi) is 3.96. The van der Waals surface area contributed by atoms with Crippen LogP contribution in [0.25, 0.3) is 11.3 Å². The molecule has 4 atom stereocenters. The number of fused-ring (bicyclic) bond motifs is 4. The van der Waals surface area contributed by atoms with Crippen molar-refractivity contribution in [1.82, 2.24) is 10.2 Å². The van der Waals surface area contributed by atoms with Crippen molar-refractivity contribution >= 4 is 5.82 Å². The van der Waals surface area contributed by atoms with Crippen LogP contribution in [0.2, 0.25) is 0 Å². The molecule has 2 bridgehead atoms. The van der Waals surface area contributed by atoms with Gasteiger partial charge in [-0.25, -0.2) is 13.2 Å². The van der Waals surface area contributed by atoms with Crippen LogP contribution in [0, 0.1) is 11.6 Å². The summed E-state index contributed by atoms with van der Waals surface area (Å²) in [7, 11) is 0. The Balaban J connectivity index is 1.47. The van der Waals surface area contributed by atoms with E-state index in [1.165, 1.54) is 0 Å². The van der Waals surface area contributed by atoms with E-state index < -0.39 is 23.4 Å². The smallest absolute Gasteiger partial charge is 0.155 e. The van der Waals surface area contributed by atoms with Crippen molar-refractivity contribution in [2.24, 2.45) is 0 Å². The number of benzene rings is 1. The van der Waals surface area contributed by atoms with Gasteiger partial charge in [0, 0.05) is 12.0 Å². The lowest BCUT2D eigenvalue weighted by molar-refractivity contribution is 0.0322. The highest BCUT2D eigenvalue weighted by molar-refractivity contribution is 5.70. The minimum Gasteiger partial charge on any atom is -0.391 e. The summed E-state index contributed by atoms with van der Waals surface area (Å²) >= 11 is 0. The van der Waals surface area contributed by atoms with Gasteiger partial charge in [-0.05, 0) is 61.8 Å². The van der Waals surface area contributed by atoms with Crippen molar-refractivity contribution in [1.29, 1.82) is 0 Å². The molecule has 6 rings (SSSR count). The van der Waals surface area contributed by atoms with Crippen molar-refractivity contribution in [3.8, 4) is 11.3 Å². The SMILES string of the molecule is O[C@@H]1CC[C@H]1Nc1nnc(-c2c(F)cc(C3(F)CC3)cc2F)c2c1[C@H]1CC[C@@H](C2)O1. The summed E-state index contributed by atoms with van der Waals surface area (Å²) in [5, 5.41) is 21.6. The fraction of sp³-hybridized carbons (Fsp3) is 0.545. The molecule has 8 heteroatoms. The minimum absolute atomic E-state index is 0.0152. The molecule has 5 nitrogen and oxygen atoms in total. The molecular weight excluding hydrogens is 395 g/mol. The highest BCUT2D eigenvalue weighted by Gasteiger charge is 2.46. The molecule has 2 aliphatic carbocycles. The first-order valence-corrected chi connectivity index (χ1v) is 10.6. The molecule has 2 aliphatic heterocycles. The molecular formula is C22H22F3N3O2. The Labute approximate surface area is 171 Å². The van der Waals surface area contributed by atoms with Gasteiger partial charge in [0.1, 0.15) is 23.0 Å². The van der Waals surface area contributed by atoms with E-state index in [1.54, 1.807) is 0 Å². The maximum Gasteiger partial charge on any atom is 0.155 e. The summed E-state index contributed by atoms with van der Waals surface area (Å²) in [5.74, 6) is -1.13. The topological polar surface area (TPSA) is 67.3 Å². The van der Waals surface area contributed by atoms with Crippen molar-refractivity contribution < 1.29 is 23.0 Å². The molecule has 2 aromatic rings. The number of hydrogen-bond acceptors (Lipinski definition) is 5.